The van der Waals surface area contributed by atoms with Crippen LogP contribution in [0.15, 0.2) is 78.9 Å². The second kappa shape index (κ2) is 8.71. The van der Waals surface area contributed by atoms with Crippen LogP contribution in [0.2, 0.25) is 5.02 Å². The highest BCUT2D eigenvalue weighted by atomic mass is 35.5. The van der Waals surface area contributed by atoms with Gasteiger partial charge in [0, 0.05) is 23.1 Å². The van der Waals surface area contributed by atoms with Crippen LogP contribution in [0.25, 0.3) is 6.08 Å². The number of hydrogen-bond acceptors (Lipinski definition) is 6. The number of hydrogen-bond donors (Lipinski definition) is 0. The molecule has 0 spiro atoms. The third-order valence-electron chi connectivity index (χ3n) is 7.15. The van der Waals surface area contributed by atoms with E-state index in [-0.39, 0.29) is 17.4 Å². The first-order valence-corrected chi connectivity index (χ1v) is 12.2. The van der Waals surface area contributed by atoms with Crippen molar-refractivity contribution in [2.75, 3.05) is 9.80 Å². The highest BCUT2D eigenvalue weighted by Crippen LogP contribution is 2.52. The van der Waals surface area contributed by atoms with Gasteiger partial charge in [0.2, 0.25) is 11.8 Å². The summed E-state index contributed by atoms with van der Waals surface area (Å²) in [5.74, 6) is -3.06. The summed E-state index contributed by atoms with van der Waals surface area (Å²) in [6, 6.07) is 18.9. The zero-order valence-corrected chi connectivity index (χ0v) is 20.5. The van der Waals surface area contributed by atoms with Crippen LogP contribution in [0, 0.1) is 11.8 Å². The number of ketones is 1. The molecule has 7 nitrogen and oxygen atoms in total. The maximum absolute atomic E-state index is 14.1. The lowest BCUT2D eigenvalue weighted by molar-refractivity contribution is -0.132. The molecule has 2 saturated heterocycles. The summed E-state index contributed by atoms with van der Waals surface area (Å²) in [6.07, 6.45) is 3.70. The van der Waals surface area contributed by atoms with E-state index >= 15 is 0 Å². The van der Waals surface area contributed by atoms with Crippen LogP contribution in [0.3, 0.4) is 0 Å². The van der Waals surface area contributed by atoms with Crippen molar-refractivity contribution < 1.29 is 23.9 Å². The van der Waals surface area contributed by atoms with Crippen molar-refractivity contribution in [3.63, 3.8) is 0 Å². The molecule has 3 aromatic rings. The van der Waals surface area contributed by atoms with Gasteiger partial charge in [-0.15, -0.1) is 0 Å². The van der Waals surface area contributed by atoms with Gasteiger partial charge in [0.15, 0.2) is 11.5 Å². The van der Waals surface area contributed by atoms with Crippen LogP contribution in [0.5, 0.6) is 5.75 Å². The van der Waals surface area contributed by atoms with Crippen molar-refractivity contribution in [3.05, 3.63) is 95.0 Å². The maximum Gasteiger partial charge on any atom is 0.308 e. The van der Waals surface area contributed by atoms with E-state index < -0.39 is 35.8 Å². The Balaban J connectivity index is 1.52. The molecule has 0 aromatic heterocycles. The predicted octanol–water partition coefficient (Wildman–Crippen LogP) is 4.54. The zero-order valence-electron chi connectivity index (χ0n) is 19.7. The Labute approximate surface area is 217 Å². The largest absolute Gasteiger partial charge is 0.424 e. The van der Waals surface area contributed by atoms with Gasteiger partial charge in [-0.05, 0) is 30.3 Å². The Hall–Kier alpha value is -4.23. The van der Waals surface area contributed by atoms with Crippen LogP contribution < -0.4 is 14.5 Å². The average molecular weight is 513 g/mol. The van der Waals surface area contributed by atoms with Gasteiger partial charge >= 0.3 is 5.97 Å². The molecule has 2 amide bonds. The number of esters is 1. The summed E-state index contributed by atoms with van der Waals surface area (Å²) in [5, 5.41) is 0.483. The molecule has 0 radical (unpaired) electrons. The molecule has 37 heavy (non-hydrogen) atoms. The third kappa shape index (κ3) is 3.57. The number of halogens is 1. The normalized spacial score (nSPS) is 23.5. The Kier molecular flexibility index (Phi) is 5.46. The number of rotatable bonds is 4. The van der Waals surface area contributed by atoms with Crippen molar-refractivity contribution in [1.29, 1.82) is 0 Å². The third-order valence-corrected chi connectivity index (χ3v) is 7.41. The van der Waals surface area contributed by atoms with E-state index in [0.717, 1.165) is 10.5 Å². The van der Waals surface area contributed by atoms with Crippen molar-refractivity contribution in [3.8, 4) is 5.75 Å². The van der Waals surface area contributed by atoms with Crippen molar-refractivity contribution >= 4 is 52.6 Å². The molecule has 0 saturated carbocycles. The van der Waals surface area contributed by atoms with Gasteiger partial charge in [-0.1, -0.05) is 66.2 Å². The molecular formula is C29H21ClN2O5. The molecule has 0 bridgehead atoms. The number of ether oxygens (including phenoxy) is 1. The molecule has 3 aliphatic rings. The molecule has 0 unspecified atom stereocenters. The number of nitrogens with zero attached hydrogens (tertiary/aromatic N) is 2. The van der Waals surface area contributed by atoms with E-state index in [2.05, 4.69) is 0 Å². The molecular weight excluding hydrogens is 492 g/mol. The van der Waals surface area contributed by atoms with Gasteiger partial charge in [-0.2, -0.15) is 0 Å². The number of Topliss-reactive ketones (excluding diaryl/α,β-unsaturated/α-hetero) is 1. The van der Waals surface area contributed by atoms with E-state index in [4.69, 9.17) is 16.3 Å². The quantitative estimate of drug-likeness (QED) is 0.221. The fourth-order valence-electron chi connectivity index (χ4n) is 5.73. The number of anilines is 2. The van der Waals surface area contributed by atoms with Crippen LogP contribution in [0.1, 0.15) is 22.8 Å². The molecule has 3 aliphatic heterocycles. The van der Waals surface area contributed by atoms with Gasteiger partial charge in [-0.3, -0.25) is 19.2 Å². The number of amides is 2. The van der Waals surface area contributed by atoms with Crippen LogP contribution in [-0.2, 0) is 14.4 Å². The SMILES string of the molecule is CC(=O)Oc1cccc2c1N1[C@@H](C=C2)[C@H]2C(=O)N(c3ccc(Cl)cc3)C(=O)[C@@H]2[C@@H]1C(=O)c1ccccc1. The topological polar surface area (TPSA) is 84.0 Å². The number of benzene rings is 3. The van der Waals surface area contributed by atoms with E-state index in [0.29, 0.717) is 22.0 Å². The molecule has 184 valence electrons. The number of para-hydroxylation sites is 1. The fourth-order valence-corrected chi connectivity index (χ4v) is 5.86. The molecule has 3 aromatic carbocycles. The molecule has 4 atom stereocenters. The molecule has 3 heterocycles. The highest BCUT2D eigenvalue weighted by molar-refractivity contribution is 6.31. The van der Waals surface area contributed by atoms with Gasteiger partial charge in [0.1, 0.15) is 6.04 Å². The van der Waals surface area contributed by atoms with Gasteiger partial charge < -0.3 is 9.64 Å². The van der Waals surface area contributed by atoms with Crippen LogP contribution in [-0.4, -0.2) is 35.7 Å². The minimum absolute atomic E-state index is 0.277. The first-order chi connectivity index (χ1) is 17.9. The second-order valence-corrected chi connectivity index (χ2v) is 9.70. The van der Waals surface area contributed by atoms with E-state index in [1.807, 2.05) is 18.2 Å². The summed E-state index contributed by atoms with van der Waals surface area (Å²) in [7, 11) is 0. The maximum atomic E-state index is 14.1. The molecule has 8 heteroatoms. The predicted molar refractivity (Wildman–Crippen MR) is 139 cm³/mol. The lowest BCUT2D eigenvalue weighted by Gasteiger charge is -2.37. The fraction of sp³-hybridized carbons (Fsp3) is 0.172. The smallest absolute Gasteiger partial charge is 0.308 e. The summed E-state index contributed by atoms with van der Waals surface area (Å²) < 4.78 is 5.51. The molecule has 2 fully saturated rings. The number of imide groups is 1. The van der Waals surface area contributed by atoms with Gasteiger partial charge in [-0.25, -0.2) is 4.90 Å². The monoisotopic (exact) mass is 512 g/mol. The van der Waals surface area contributed by atoms with E-state index in [1.165, 1.54) is 6.92 Å². The Morgan fingerprint density at radius 3 is 2.27 bits per heavy atom. The van der Waals surface area contributed by atoms with Crippen molar-refractivity contribution in [2.45, 2.75) is 19.0 Å². The first-order valence-electron chi connectivity index (χ1n) is 11.9. The Bertz CT molecular complexity index is 1480. The minimum atomic E-state index is -0.980. The summed E-state index contributed by atoms with van der Waals surface area (Å²) >= 11 is 6.02. The summed E-state index contributed by atoms with van der Waals surface area (Å²) in [6.45, 7) is 1.30. The van der Waals surface area contributed by atoms with E-state index in [1.54, 1.807) is 71.6 Å². The molecule has 0 aliphatic carbocycles. The second-order valence-electron chi connectivity index (χ2n) is 9.26. The lowest BCUT2D eigenvalue weighted by Crippen LogP contribution is -2.49. The Morgan fingerprint density at radius 1 is 0.865 bits per heavy atom. The van der Waals surface area contributed by atoms with Crippen LogP contribution in [0.4, 0.5) is 11.4 Å². The average Bonchev–Trinajstić information content (AvgIpc) is 3.37. The van der Waals surface area contributed by atoms with Gasteiger partial charge in [0.05, 0.1) is 29.3 Å². The van der Waals surface area contributed by atoms with Gasteiger partial charge in [0.25, 0.3) is 0 Å². The summed E-state index contributed by atoms with van der Waals surface area (Å²) in [5.41, 5.74) is 2.09. The van der Waals surface area contributed by atoms with Crippen LogP contribution >= 0.6 is 11.6 Å². The van der Waals surface area contributed by atoms with E-state index in [9.17, 15) is 19.2 Å². The molecule has 0 N–H and O–H groups in total. The standard InChI is InChI=1S/C29H21ClN2O5/c1-16(33)37-22-9-5-8-17-10-15-21-23-24(29(36)31(28(23)35)20-13-11-19(30)12-14-20)26(32(21)25(17)22)27(34)18-6-3-2-4-7-18/h2-15,21,23-24,26H,1H3/t21-,23+,24-,26+/m0/s1. The minimum Gasteiger partial charge on any atom is -0.424 e. The number of fused-ring (bicyclic) bond motifs is 5. The Morgan fingerprint density at radius 2 is 1.57 bits per heavy atom. The molecule has 6 rings (SSSR count). The first kappa shape index (κ1) is 23.2. The highest BCUT2D eigenvalue weighted by Gasteiger charge is 2.64. The number of carbonyl (C=O) groups excluding carboxylic acids is 4. The number of carbonyl (C=O) groups is 4. The van der Waals surface area contributed by atoms with Crippen molar-refractivity contribution in [1.82, 2.24) is 0 Å². The summed E-state index contributed by atoms with van der Waals surface area (Å²) in [4.78, 5) is 56.7. The van der Waals surface area contributed by atoms with Crippen molar-refractivity contribution in [2.24, 2.45) is 11.8 Å². The zero-order chi connectivity index (χ0) is 25.8. The lowest BCUT2D eigenvalue weighted by atomic mass is 9.86.